The lowest BCUT2D eigenvalue weighted by Gasteiger charge is -2.32. The number of rotatable bonds is 2. The van der Waals surface area contributed by atoms with Gasteiger partial charge in [0.2, 0.25) is 5.91 Å². The number of hydrogen-bond donors (Lipinski definition) is 1. The van der Waals surface area contributed by atoms with Crippen molar-refractivity contribution < 1.29 is 23.9 Å². The van der Waals surface area contributed by atoms with Gasteiger partial charge in [-0.15, -0.1) is 0 Å². The van der Waals surface area contributed by atoms with Gasteiger partial charge in [-0.05, 0) is 0 Å². The fraction of sp³-hybridized carbons (Fsp3) is 0.700. The van der Waals surface area contributed by atoms with Crippen molar-refractivity contribution in [2.45, 2.75) is 12.1 Å². The molecule has 0 aromatic rings. The molecule has 2 heterocycles. The zero-order valence-corrected chi connectivity index (χ0v) is 10.7. The maximum atomic E-state index is 12.1. The van der Waals surface area contributed by atoms with Crippen LogP contribution in [0.5, 0.6) is 0 Å². The Bertz CT molecular complexity index is 375. The molecule has 2 amide bonds. The molecule has 0 bridgehead atoms. The zero-order chi connectivity index (χ0) is 13.1. The predicted octanol–water partition coefficient (Wildman–Crippen LogP) is -0.788. The summed E-state index contributed by atoms with van der Waals surface area (Å²) in [4.78, 5) is 36.0. The molecule has 2 aliphatic heterocycles. The molecule has 2 saturated heterocycles. The van der Waals surface area contributed by atoms with Crippen molar-refractivity contribution in [3.8, 4) is 0 Å². The largest absolute Gasteiger partial charge is 0.467 e. The lowest BCUT2D eigenvalue weighted by molar-refractivity contribution is -0.162. The van der Waals surface area contributed by atoms with Crippen LogP contribution in [0.15, 0.2) is 0 Å². The van der Waals surface area contributed by atoms with Gasteiger partial charge in [0, 0.05) is 12.3 Å². The van der Waals surface area contributed by atoms with Crippen molar-refractivity contribution in [2.75, 3.05) is 32.6 Å². The predicted molar refractivity (Wildman–Crippen MR) is 63.1 cm³/mol. The molecule has 1 N–H and O–H groups in total. The normalized spacial score (nSPS) is 27.8. The molecule has 2 aliphatic rings. The number of amides is 2. The Balaban J connectivity index is 1.94. The molecule has 8 heteroatoms. The second-order valence-corrected chi connectivity index (χ2v) is 4.96. The van der Waals surface area contributed by atoms with Crippen molar-refractivity contribution in [2.24, 2.45) is 0 Å². The van der Waals surface area contributed by atoms with Crippen LogP contribution < -0.4 is 5.32 Å². The summed E-state index contributed by atoms with van der Waals surface area (Å²) in [5.41, 5.74) is 0. The first-order valence-corrected chi connectivity index (χ1v) is 6.52. The molecule has 2 rings (SSSR count). The number of carbonyl (C=O) groups is 3. The molecule has 0 saturated carbocycles. The fourth-order valence-electron chi connectivity index (χ4n) is 1.86. The summed E-state index contributed by atoms with van der Waals surface area (Å²) >= 11 is 1.09. The standard InChI is InChI=1S/C10H14N2O5S/c1-16-9(14)7-4-12(2-3-17-7)8(13)6-5-18-10(15)11-6/h6-7H,2-5H2,1H3,(H,11,15). The van der Waals surface area contributed by atoms with Gasteiger partial charge in [-0.1, -0.05) is 11.8 Å². The minimum absolute atomic E-state index is 0.169. The van der Waals surface area contributed by atoms with Gasteiger partial charge in [0.05, 0.1) is 20.3 Å². The number of thioether (sulfide) groups is 1. The maximum Gasteiger partial charge on any atom is 0.336 e. The van der Waals surface area contributed by atoms with E-state index in [9.17, 15) is 14.4 Å². The molecular formula is C10H14N2O5S. The molecule has 18 heavy (non-hydrogen) atoms. The van der Waals surface area contributed by atoms with E-state index in [1.54, 1.807) is 0 Å². The van der Waals surface area contributed by atoms with E-state index < -0.39 is 18.1 Å². The second-order valence-electron chi connectivity index (χ2n) is 3.96. The van der Waals surface area contributed by atoms with E-state index in [0.29, 0.717) is 18.9 Å². The molecule has 0 aliphatic carbocycles. The molecule has 0 spiro atoms. The number of carbonyl (C=O) groups excluding carboxylic acids is 3. The van der Waals surface area contributed by atoms with Gasteiger partial charge in [-0.2, -0.15) is 0 Å². The first-order chi connectivity index (χ1) is 8.61. The van der Waals surface area contributed by atoms with E-state index in [4.69, 9.17) is 4.74 Å². The maximum absolute atomic E-state index is 12.1. The highest BCUT2D eigenvalue weighted by Gasteiger charge is 2.36. The monoisotopic (exact) mass is 274 g/mol. The summed E-state index contributed by atoms with van der Waals surface area (Å²) < 4.78 is 9.82. The van der Waals surface area contributed by atoms with Crippen LogP contribution in [0.2, 0.25) is 0 Å². The van der Waals surface area contributed by atoms with Crippen LogP contribution in [0, 0.1) is 0 Å². The number of methoxy groups -OCH3 is 1. The van der Waals surface area contributed by atoms with Crippen LogP contribution in [0.25, 0.3) is 0 Å². The van der Waals surface area contributed by atoms with E-state index in [1.807, 2.05) is 0 Å². The van der Waals surface area contributed by atoms with E-state index in [0.717, 1.165) is 11.8 Å². The summed E-state index contributed by atoms with van der Waals surface area (Å²) in [5.74, 6) is -0.236. The highest BCUT2D eigenvalue weighted by molar-refractivity contribution is 8.14. The number of nitrogens with zero attached hydrogens (tertiary/aromatic N) is 1. The van der Waals surface area contributed by atoms with Gasteiger partial charge in [0.1, 0.15) is 6.04 Å². The molecule has 2 unspecified atom stereocenters. The van der Waals surface area contributed by atoms with Gasteiger partial charge in [0.15, 0.2) is 6.10 Å². The lowest BCUT2D eigenvalue weighted by atomic mass is 10.2. The smallest absolute Gasteiger partial charge is 0.336 e. The quantitative estimate of drug-likeness (QED) is 0.664. The molecule has 0 radical (unpaired) electrons. The average molecular weight is 274 g/mol. The third-order valence-electron chi connectivity index (χ3n) is 2.81. The highest BCUT2D eigenvalue weighted by Crippen LogP contribution is 2.16. The molecule has 0 aromatic heterocycles. The Morgan fingerprint density at radius 1 is 1.56 bits per heavy atom. The van der Waals surface area contributed by atoms with Crippen LogP contribution in [0.4, 0.5) is 4.79 Å². The van der Waals surface area contributed by atoms with E-state index in [-0.39, 0.29) is 17.7 Å². The fourth-order valence-corrected chi connectivity index (χ4v) is 2.63. The summed E-state index contributed by atoms with van der Waals surface area (Å²) in [5, 5.41) is 2.40. The summed E-state index contributed by atoms with van der Waals surface area (Å²) in [6.45, 7) is 0.880. The lowest BCUT2D eigenvalue weighted by Crippen LogP contribution is -2.54. The Kier molecular flexibility index (Phi) is 4.07. The van der Waals surface area contributed by atoms with Crippen molar-refractivity contribution in [3.63, 3.8) is 0 Å². The van der Waals surface area contributed by atoms with Crippen LogP contribution in [-0.2, 0) is 19.1 Å². The Morgan fingerprint density at radius 3 is 2.94 bits per heavy atom. The number of esters is 1. The van der Waals surface area contributed by atoms with E-state index >= 15 is 0 Å². The molecule has 100 valence electrons. The molecule has 0 aromatic carbocycles. The number of hydrogen-bond acceptors (Lipinski definition) is 6. The minimum atomic E-state index is -0.738. The Labute approximate surface area is 108 Å². The minimum Gasteiger partial charge on any atom is -0.467 e. The van der Waals surface area contributed by atoms with Gasteiger partial charge in [0.25, 0.3) is 5.24 Å². The van der Waals surface area contributed by atoms with Gasteiger partial charge in [-0.3, -0.25) is 9.59 Å². The van der Waals surface area contributed by atoms with Gasteiger partial charge >= 0.3 is 5.97 Å². The van der Waals surface area contributed by atoms with Crippen molar-refractivity contribution in [1.29, 1.82) is 0 Å². The number of morpholine rings is 1. The Morgan fingerprint density at radius 2 is 2.33 bits per heavy atom. The second kappa shape index (κ2) is 5.57. The van der Waals surface area contributed by atoms with Gasteiger partial charge < -0.3 is 19.7 Å². The van der Waals surface area contributed by atoms with Crippen molar-refractivity contribution in [3.05, 3.63) is 0 Å². The summed E-state index contributed by atoms with van der Waals surface area (Å²) in [6, 6.07) is -0.501. The number of ether oxygens (including phenoxy) is 2. The first-order valence-electron chi connectivity index (χ1n) is 5.53. The van der Waals surface area contributed by atoms with Crippen molar-refractivity contribution >= 4 is 28.9 Å². The van der Waals surface area contributed by atoms with Crippen molar-refractivity contribution in [1.82, 2.24) is 10.2 Å². The third-order valence-corrected chi connectivity index (χ3v) is 3.69. The third kappa shape index (κ3) is 2.75. The van der Waals surface area contributed by atoms with E-state index in [2.05, 4.69) is 10.1 Å². The molecule has 2 fully saturated rings. The number of nitrogens with one attached hydrogen (secondary N) is 1. The Hall–Kier alpha value is -1.28. The van der Waals surface area contributed by atoms with Crippen LogP contribution in [-0.4, -0.2) is 66.7 Å². The average Bonchev–Trinajstić information content (AvgIpc) is 2.83. The zero-order valence-electron chi connectivity index (χ0n) is 9.88. The van der Waals surface area contributed by atoms with Crippen LogP contribution in [0.1, 0.15) is 0 Å². The SMILES string of the molecule is COC(=O)C1CN(C(=O)C2CSC(=O)N2)CCO1. The summed E-state index contributed by atoms with van der Waals surface area (Å²) in [7, 11) is 1.28. The first kappa shape index (κ1) is 13.2. The van der Waals surface area contributed by atoms with E-state index in [1.165, 1.54) is 12.0 Å². The van der Waals surface area contributed by atoms with Crippen LogP contribution >= 0.6 is 11.8 Å². The summed E-state index contributed by atoms with van der Waals surface area (Å²) in [6.07, 6.45) is -0.738. The topological polar surface area (TPSA) is 84.9 Å². The van der Waals surface area contributed by atoms with Crippen LogP contribution in [0.3, 0.4) is 0 Å². The van der Waals surface area contributed by atoms with Gasteiger partial charge in [-0.25, -0.2) is 4.79 Å². The molecular weight excluding hydrogens is 260 g/mol. The highest BCUT2D eigenvalue weighted by atomic mass is 32.2. The molecule has 2 atom stereocenters. The molecule has 7 nitrogen and oxygen atoms in total.